The molecule has 0 aliphatic carbocycles. The SMILES string of the molecule is Cc1ccc2nnc(C3CCN(CC4CCC(=O)NC4)CC3)n2n1. The number of aryl methyl sites for hydroxylation is 1. The average molecular weight is 328 g/mol. The monoisotopic (exact) mass is 328 g/mol. The number of carbonyl (C=O) groups is 1. The smallest absolute Gasteiger partial charge is 0.220 e. The first-order chi connectivity index (χ1) is 11.7. The molecule has 2 aliphatic rings. The summed E-state index contributed by atoms with van der Waals surface area (Å²) in [5, 5.41) is 16.2. The van der Waals surface area contributed by atoms with Crippen LogP contribution >= 0.6 is 0 Å². The van der Waals surface area contributed by atoms with Gasteiger partial charge in [-0.2, -0.15) is 9.61 Å². The number of likely N-dealkylation sites (tertiary alicyclic amines) is 1. The average Bonchev–Trinajstić information content (AvgIpc) is 3.01. The van der Waals surface area contributed by atoms with Crippen LogP contribution in [0.4, 0.5) is 0 Å². The first kappa shape index (κ1) is 15.5. The number of fused-ring (bicyclic) bond motifs is 1. The minimum Gasteiger partial charge on any atom is -0.356 e. The molecule has 2 aliphatic heterocycles. The summed E-state index contributed by atoms with van der Waals surface area (Å²) in [6.07, 6.45) is 3.88. The Labute approximate surface area is 141 Å². The van der Waals surface area contributed by atoms with Crippen molar-refractivity contribution >= 4 is 11.6 Å². The van der Waals surface area contributed by atoms with Crippen LogP contribution in [0.2, 0.25) is 0 Å². The molecule has 2 aromatic rings. The second kappa shape index (κ2) is 6.47. The molecule has 1 N–H and O–H groups in total. The topological polar surface area (TPSA) is 75.4 Å². The summed E-state index contributed by atoms with van der Waals surface area (Å²) in [6, 6.07) is 3.95. The van der Waals surface area contributed by atoms with E-state index in [4.69, 9.17) is 0 Å². The van der Waals surface area contributed by atoms with Crippen LogP contribution in [0, 0.1) is 12.8 Å². The zero-order chi connectivity index (χ0) is 16.5. The van der Waals surface area contributed by atoms with Crippen LogP contribution in [0.1, 0.15) is 43.1 Å². The number of piperidine rings is 2. The third-order valence-electron chi connectivity index (χ3n) is 5.26. The van der Waals surface area contributed by atoms with Crippen molar-refractivity contribution in [2.24, 2.45) is 5.92 Å². The lowest BCUT2D eigenvalue weighted by Crippen LogP contribution is -2.43. The maximum Gasteiger partial charge on any atom is 0.220 e. The normalized spacial score (nSPS) is 23.5. The quantitative estimate of drug-likeness (QED) is 0.914. The number of nitrogens with zero attached hydrogens (tertiary/aromatic N) is 5. The Morgan fingerprint density at radius 2 is 2.04 bits per heavy atom. The Bertz CT molecular complexity index is 724. The molecular formula is C17H24N6O. The van der Waals surface area contributed by atoms with Gasteiger partial charge in [-0.25, -0.2) is 0 Å². The van der Waals surface area contributed by atoms with Crippen molar-refractivity contribution in [3.8, 4) is 0 Å². The van der Waals surface area contributed by atoms with Crippen LogP contribution in [0.15, 0.2) is 12.1 Å². The molecule has 0 spiro atoms. The van der Waals surface area contributed by atoms with Gasteiger partial charge < -0.3 is 10.2 Å². The summed E-state index contributed by atoms with van der Waals surface area (Å²) in [5.74, 6) is 2.22. The first-order valence-electron chi connectivity index (χ1n) is 8.87. The van der Waals surface area contributed by atoms with E-state index >= 15 is 0 Å². The number of nitrogens with one attached hydrogen (secondary N) is 1. The highest BCUT2D eigenvalue weighted by molar-refractivity contribution is 5.76. The number of hydrogen-bond acceptors (Lipinski definition) is 5. The maximum atomic E-state index is 11.3. The van der Waals surface area contributed by atoms with Crippen molar-refractivity contribution in [3.05, 3.63) is 23.7 Å². The van der Waals surface area contributed by atoms with Gasteiger partial charge in [-0.1, -0.05) is 0 Å². The lowest BCUT2D eigenvalue weighted by Gasteiger charge is -2.34. The van der Waals surface area contributed by atoms with E-state index < -0.39 is 0 Å². The van der Waals surface area contributed by atoms with Crippen molar-refractivity contribution < 1.29 is 4.79 Å². The minimum atomic E-state index is 0.200. The second-order valence-corrected chi connectivity index (χ2v) is 7.09. The molecule has 128 valence electrons. The van der Waals surface area contributed by atoms with E-state index in [1.54, 1.807) is 0 Å². The molecule has 0 radical (unpaired) electrons. The van der Waals surface area contributed by atoms with Crippen LogP contribution in [0.5, 0.6) is 0 Å². The van der Waals surface area contributed by atoms with Crippen LogP contribution in [0.25, 0.3) is 5.65 Å². The van der Waals surface area contributed by atoms with Crippen LogP contribution in [-0.4, -0.2) is 56.8 Å². The van der Waals surface area contributed by atoms with Gasteiger partial charge in [0.25, 0.3) is 0 Å². The van der Waals surface area contributed by atoms with E-state index in [1.807, 2.05) is 23.6 Å². The predicted molar refractivity (Wildman–Crippen MR) is 89.7 cm³/mol. The van der Waals surface area contributed by atoms with Gasteiger partial charge in [-0.05, 0) is 57.3 Å². The highest BCUT2D eigenvalue weighted by atomic mass is 16.1. The fraction of sp³-hybridized carbons (Fsp3) is 0.647. The minimum absolute atomic E-state index is 0.200. The second-order valence-electron chi connectivity index (χ2n) is 7.09. The molecule has 0 aromatic carbocycles. The van der Waals surface area contributed by atoms with Gasteiger partial charge in [0.15, 0.2) is 11.5 Å². The molecule has 1 amide bonds. The summed E-state index contributed by atoms with van der Waals surface area (Å²) in [5.41, 5.74) is 1.82. The zero-order valence-corrected chi connectivity index (χ0v) is 14.1. The van der Waals surface area contributed by atoms with Crippen LogP contribution in [-0.2, 0) is 4.79 Å². The summed E-state index contributed by atoms with van der Waals surface area (Å²) in [7, 11) is 0. The van der Waals surface area contributed by atoms with E-state index in [0.29, 0.717) is 18.3 Å². The molecule has 0 bridgehead atoms. The third kappa shape index (κ3) is 3.13. The molecule has 4 rings (SSSR count). The summed E-state index contributed by atoms with van der Waals surface area (Å²) in [6.45, 7) is 6.07. The molecule has 4 heterocycles. The molecule has 2 aromatic heterocycles. The van der Waals surface area contributed by atoms with Crippen LogP contribution < -0.4 is 5.32 Å². The summed E-state index contributed by atoms with van der Waals surface area (Å²) in [4.78, 5) is 13.8. The highest BCUT2D eigenvalue weighted by Crippen LogP contribution is 2.27. The largest absolute Gasteiger partial charge is 0.356 e. The third-order valence-corrected chi connectivity index (χ3v) is 5.26. The molecule has 7 heteroatoms. The number of aromatic nitrogens is 4. The van der Waals surface area contributed by atoms with E-state index in [-0.39, 0.29) is 5.91 Å². The lowest BCUT2D eigenvalue weighted by molar-refractivity contribution is -0.123. The molecule has 2 saturated heterocycles. The standard InChI is InChI=1S/C17H24N6O/c1-12-2-4-15-19-20-17(23(15)21-12)14-6-8-22(9-7-14)11-13-3-5-16(24)18-10-13/h2,4,13-14H,3,5-11H2,1H3,(H,18,24). The Morgan fingerprint density at radius 1 is 1.21 bits per heavy atom. The Hall–Kier alpha value is -2.02. The van der Waals surface area contributed by atoms with Crippen LogP contribution in [0.3, 0.4) is 0 Å². The molecule has 7 nitrogen and oxygen atoms in total. The molecule has 1 atom stereocenters. The molecule has 0 saturated carbocycles. The van der Waals surface area contributed by atoms with E-state index in [0.717, 1.165) is 62.6 Å². The number of rotatable bonds is 3. The Balaban J connectivity index is 1.37. The zero-order valence-electron chi connectivity index (χ0n) is 14.1. The van der Waals surface area contributed by atoms with Gasteiger partial charge in [-0.3, -0.25) is 4.79 Å². The fourth-order valence-electron chi connectivity index (χ4n) is 3.83. The molecule has 1 unspecified atom stereocenters. The maximum absolute atomic E-state index is 11.3. The fourth-order valence-corrected chi connectivity index (χ4v) is 3.83. The Morgan fingerprint density at radius 3 is 2.79 bits per heavy atom. The number of hydrogen-bond donors (Lipinski definition) is 1. The van der Waals surface area contributed by atoms with Crippen molar-refractivity contribution in [2.45, 2.75) is 38.5 Å². The Kier molecular flexibility index (Phi) is 4.18. The van der Waals surface area contributed by atoms with E-state index in [2.05, 4.69) is 25.5 Å². The highest BCUT2D eigenvalue weighted by Gasteiger charge is 2.27. The molecule has 2 fully saturated rings. The van der Waals surface area contributed by atoms with Gasteiger partial charge >= 0.3 is 0 Å². The number of carbonyl (C=O) groups excluding carboxylic acids is 1. The molecule has 24 heavy (non-hydrogen) atoms. The van der Waals surface area contributed by atoms with Crippen molar-refractivity contribution in [3.63, 3.8) is 0 Å². The van der Waals surface area contributed by atoms with Crippen molar-refractivity contribution in [2.75, 3.05) is 26.2 Å². The van der Waals surface area contributed by atoms with Gasteiger partial charge in [0, 0.05) is 25.4 Å². The summed E-state index contributed by atoms with van der Waals surface area (Å²) < 4.78 is 1.91. The lowest BCUT2D eigenvalue weighted by atomic mass is 9.93. The first-order valence-corrected chi connectivity index (χ1v) is 8.87. The van der Waals surface area contributed by atoms with E-state index in [9.17, 15) is 4.79 Å². The van der Waals surface area contributed by atoms with Crippen molar-refractivity contribution in [1.29, 1.82) is 0 Å². The van der Waals surface area contributed by atoms with Crippen molar-refractivity contribution in [1.82, 2.24) is 30.0 Å². The predicted octanol–water partition coefficient (Wildman–Crippen LogP) is 1.14. The van der Waals surface area contributed by atoms with Gasteiger partial charge in [0.1, 0.15) is 0 Å². The summed E-state index contributed by atoms with van der Waals surface area (Å²) >= 11 is 0. The van der Waals surface area contributed by atoms with Gasteiger partial charge in [0.2, 0.25) is 5.91 Å². The van der Waals surface area contributed by atoms with Gasteiger partial charge in [0.05, 0.1) is 5.69 Å². The van der Waals surface area contributed by atoms with Gasteiger partial charge in [-0.15, -0.1) is 10.2 Å². The number of amides is 1. The van der Waals surface area contributed by atoms with E-state index in [1.165, 1.54) is 0 Å². The molecular weight excluding hydrogens is 304 g/mol.